The summed E-state index contributed by atoms with van der Waals surface area (Å²) in [5.41, 5.74) is 14.3. The van der Waals surface area contributed by atoms with E-state index in [1.165, 1.54) is 11.1 Å². The maximum Gasteiger partial charge on any atom is 0.240 e. The van der Waals surface area contributed by atoms with E-state index in [1.807, 2.05) is 31.1 Å². The van der Waals surface area contributed by atoms with Gasteiger partial charge in [0.25, 0.3) is 0 Å². The van der Waals surface area contributed by atoms with Crippen molar-refractivity contribution in [3.63, 3.8) is 0 Å². The molecule has 0 saturated carbocycles. The number of amidine groups is 2. The summed E-state index contributed by atoms with van der Waals surface area (Å²) >= 11 is 4.55. The van der Waals surface area contributed by atoms with Crippen LogP contribution in [0.3, 0.4) is 0 Å². The van der Waals surface area contributed by atoms with Crippen LogP contribution in [0.5, 0.6) is 0 Å². The van der Waals surface area contributed by atoms with E-state index >= 15 is 0 Å². The number of hydrogen-bond donors (Lipinski definition) is 5. The van der Waals surface area contributed by atoms with E-state index in [0.717, 1.165) is 29.5 Å². The third-order valence-corrected chi connectivity index (χ3v) is 10.9. The molecule has 1 aromatic heterocycles. The fraction of sp³-hybridized carbons (Fsp3) is 0.720. The quantitative estimate of drug-likeness (QED) is 0.151. The van der Waals surface area contributed by atoms with Crippen LogP contribution in [0.4, 0.5) is 0 Å². The average Bonchev–Trinajstić information content (AvgIpc) is 2.65. The van der Waals surface area contributed by atoms with Gasteiger partial charge in [-0.3, -0.25) is 21.5 Å². The molecule has 0 unspecified atom stereocenters. The van der Waals surface area contributed by atoms with Gasteiger partial charge in [-0.1, -0.05) is 58.4 Å². The van der Waals surface area contributed by atoms with E-state index < -0.39 is 0 Å². The molecule has 0 fully saturated rings. The maximum absolute atomic E-state index is 5.98. The second-order valence-corrected chi connectivity index (χ2v) is 14.9. The molecule has 8 heteroatoms. The highest BCUT2D eigenvalue weighted by Crippen LogP contribution is 2.51. The Hall–Kier alpha value is -0.860. The Morgan fingerprint density at radius 3 is 1.76 bits per heavy atom. The number of thiol groups is 1. The lowest BCUT2D eigenvalue weighted by Gasteiger charge is -2.39. The van der Waals surface area contributed by atoms with Gasteiger partial charge in [-0.2, -0.15) is 12.6 Å². The Labute approximate surface area is 216 Å². The molecule has 6 N–H and O–H groups in total. The average molecular weight is 516 g/mol. The lowest BCUT2D eigenvalue weighted by Crippen LogP contribution is -2.71. The van der Waals surface area contributed by atoms with Crippen molar-refractivity contribution in [1.82, 2.24) is 4.98 Å². The molecule has 0 amide bonds. The lowest BCUT2D eigenvalue weighted by atomic mass is 9.77. The molecule has 33 heavy (non-hydrogen) atoms. The summed E-state index contributed by atoms with van der Waals surface area (Å²) in [7, 11) is 7.35. The first kappa shape index (κ1) is 32.1. The Morgan fingerprint density at radius 2 is 1.36 bits per heavy atom. The molecule has 0 bridgehead atoms. The summed E-state index contributed by atoms with van der Waals surface area (Å²) in [5.74, 6) is 1.66. The summed E-state index contributed by atoms with van der Waals surface area (Å²) in [6, 6.07) is 2.18. The number of nitrogens with one attached hydrogen (secondary N) is 2. The monoisotopic (exact) mass is 515 g/mol. The number of hydrogen-bond acceptors (Lipinski definition) is 4. The van der Waals surface area contributed by atoms with Gasteiger partial charge in [0.05, 0.1) is 26.9 Å². The third-order valence-electron chi connectivity index (χ3n) is 6.69. The molecule has 0 aliphatic heterocycles. The highest BCUT2D eigenvalue weighted by molar-refractivity contribution is 8.77. The Bertz CT molecular complexity index is 822. The van der Waals surface area contributed by atoms with Gasteiger partial charge in [0.2, 0.25) is 11.7 Å². The van der Waals surface area contributed by atoms with Crippen molar-refractivity contribution < 1.29 is 9.98 Å². The summed E-state index contributed by atoms with van der Waals surface area (Å²) in [6.07, 6.45) is 3.63. The zero-order valence-corrected chi connectivity index (χ0v) is 25.5. The van der Waals surface area contributed by atoms with Crippen LogP contribution in [0.2, 0.25) is 0 Å². The van der Waals surface area contributed by atoms with E-state index in [4.69, 9.17) is 11.5 Å². The van der Waals surface area contributed by atoms with Crippen molar-refractivity contribution in [2.24, 2.45) is 22.3 Å². The van der Waals surface area contributed by atoms with Gasteiger partial charge in [0.15, 0.2) is 0 Å². The van der Waals surface area contributed by atoms with Crippen molar-refractivity contribution in [3.05, 3.63) is 23.4 Å². The molecular formula is C25H49N5S3+2. The molecule has 0 aromatic carbocycles. The van der Waals surface area contributed by atoms with Crippen molar-refractivity contribution in [2.45, 2.75) is 96.6 Å². The molecule has 0 aliphatic carbocycles. The fourth-order valence-corrected chi connectivity index (χ4v) is 5.62. The highest BCUT2D eigenvalue weighted by atomic mass is 33.1. The summed E-state index contributed by atoms with van der Waals surface area (Å²) < 4.78 is 0.0482. The van der Waals surface area contributed by atoms with Crippen LogP contribution in [0, 0.1) is 24.7 Å². The van der Waals surface area contributed by atoms with Crippen molar-refractivity contribution in [3.8, 4) is 0 Å². The predicted molar refractivity (Wildman–Crippen MR) is 153 cm³/mol. The van der Waals surface area contributed by atoms with E-state index in [9.17, 15) is 0 Å². The van der Waals surface area contributed by atoms with Crippen LogP contribution in [-0.2, 0) is 0 Å². The molecule has 0 radical (unpaired) electrons. The van der Waals surface area contributed by atoms with Crippen LogP contribution in [0.15, 0.2) is 17.3 Å². The first-order valence-electron chi connectivity index (χ1n) is 11.4. The van der Waals surface area contributed by atoms with Crippen molar-refractivity contribution >= 4 is 45.9 Å². The van der Waals surface area contributed by atoms with Gasteiger partial charge in [-0.15, -0.1) is 0 Å². The van der Waals surface area contributed by atoms with Gasteiger partial charge in [-0.25, -0.2) is 4.98 Å². The van der Waals surface area contributed by atoms with Gasteiger partial charge >= 0.3 is 0 Å². The largest absolute Gasteiger partial charge is 0.291 e. The van der Waals surface area contributed by atoms with E-state index in [2.05, 4.69) is 103 Å². The standard InChI is InChI=1S/C16H27N3S2.C9H20N2S/c1-11-8-12(2)14(19-10-11)20-21-16(5,6)15(3,4)9-13(17)18-7;1-8(2,9(3,4)12)6-7(10)11-5/h8,10H,9H2,1-7H3,(H2,17,18);12H,6H2,1-5H3,(H2,10,11)/p+2. The lowest BCUT2D eigenvalue weighted by molar-refractivity contribution is -0.423. The zero-order valence-electron chi connectivity index (χ0n) is 22.9. The smallest absolute Gasteiger partial charge is 0.240 e. The third kappa shape index (κ3) is 10.5. The molecule has 1 heterocycles. The minimum Gasteiger partial charge on any atom is -0.291 e. The van der Waals surface area contributed by atoms with Crippen LogP contribution in [0.1, 0.15) is 79.4 Å². The SMILES string of the molecule is C[NH+]=C(N)CC(C)(C)C(C)(C)S.C[NH+]=C(N)CC(C)(C)C(C)(C)SSc1ncc(C)cc1C. The molecule has 5 nitrogen and oxygen atoms in total. The Morgan fingerprint density at radius 1 is 0.909 bits per heavy atom. The molecule has 0 spiro atoms. The van der Waals surface area contributed by atoms with Crippen LogP contribution < -0.4 is 21.5 Å². The molecule has 1 rings (SSSR count). The van der Waals surface area contributed by atoms with Crippen LogP contribution >= 0.6 is 34.2 Å². The minimum atomic E-state index is -0.0194. The minimum absolute atomic E-state index is 0.0194. The summed E-state index contributed by atoms with van der Waals surface area (Å²) in [6.45, 7) is 21.8. The van der Waals surface area contributed by atoms with Crippen molar-refractivity contribution in [1.29, 1.82) is 0 Å². The highest BCUT2D eigenvalue weighted by Gasteiger charge is 2.40. The maximum atomic E-state index is 5.98. The summed E-state index contributed by atoms with van der Waals surface area (Å²) in [4.78, 5) is 10.5. The molecule has 0 saturated heterocycles. The first-order chi connectivity index (χ1) is 14.8. The van der Waals surface area contributed by atoms with Crippen LogP contribution in [-0.4, -0.2) is 40.2 Å². The second kappa shape index (κ2) is 12.7. The normalized spacial score (nSPS) is 14.1. The number of nitrogens with zero attached hydrogens (tertiary/aromatic N) is 1. The van der Waals surface area contributed by atoms with Crippen LogP contribution in [0.25, 0.3) is 0 Å². The zero-order chi connectivity index (χ0) is 26.3. The summed E-state index contributed by atoms with van der Waals surface area (Å²) in [5, 5.41) is 1.10. The Balaban J connectivity index is 0.000000728. The molecule has 1 aromatic rings. The van der Waals surface area contributed by atoms with Crippen molar-refractivity contribution in [2.75, 3.05) is 14.1 Å². The molecular weight excluding hydrogens is 467 g/mol. The van der Waals surface area contributed by atoms with Gasteiger partial charge in [0, 0.05) is 15.7 Å². The van der Waals surface area contributed by atoms with Gasteiger partial charge in [0.1, 0.15) is 5.03 Å². The van der Waals surface area contributed by atoms with E-state index in [-0.39, 0.29) is 20.3 Å². The first-order valence-corrected chi connectivity index (χ1v) is 14.0. The number of pyridine rings is 1. The van der Waals surface area contributed by atoms with Gasteiger partial charge < -0.3 is 0 Å². The molecule has 0 aliphatic rings. The molecule has 0 atom stereocenters. The fourth-order valence-electron chi connectivity index (χ4n) is 2.60. The number of aromatic nitrogens is 1. The van der Waals surface area contributed by atoms with E-state index in [1.54, 1.807) is 10.8 Å². The van der Waals surface area contributed by atoms with E-state index in [0.29, 0.717) is 0 Å². The predicted octanol–water partition coefficient (Wildman–Crippen LogP) is 2.88. The Kier molecular flexibility index (Phi) is 12.4. The molecule has 190 valence electrons. The van der Waals surface area contributed by atoms with Gasteiger partial charge in [-0.05, 0) is 60.4 Å². The number of rotatable bonds is 9. The second-order valence-electron chi connectivity index (χ2n) is 11.0. The topological polar surface area (TPSA) is 92.9 Å². The number of aryl methyl sites for hydroxylation is 2. The number of nitrogens with two attached hydrogens (primary N) is 2.